The van der Waals surface area contributed by atoms with Gasteiger partial charge in [-0.25, -0.2) is 4.79 Å². The first-order valence-electron chi connectivity index (χ1n) is 11.9. The van der Waals surface area contributed by atoms with Crippen LogP contribution in [0, 0.1) is 5.92 Å². The molecule has 0 bridgehead atoms. The smallest absolute Gasteiger partial charge is 0.338 e. The van der Waals surface area contributed by atoms with Crippen LogP contribution in [0.15, 0.2) is 48.5 Å². The van der Waals surface area contributed by atoms with Gasteiger partial charge in [0.1, 0.15) is 0 Å². The van der Waals surface area contributed by atoms with Gasteiger partial charge in [-0.1, -0.05) is 19.8 Å². The largest absolute Gasteiger partial charge is 0.462 e. The van der Waals surface area contributed by atoms with Gasteiger partial charge in [0, 0.05) is 29.9 Å². The number of amides is 2. The fraction of sp³-hybridized carbons (Fsp3) is 0.370. The van der Waals surface area contributed by atoms with E-state index in [1.54, 1.807) is 48.5 Å². The van der Waals surface area contributed by atoms with Crippen LogP contribution in [-0.4, -0.2) is 49.3 Å². The lowest BCUT2D eigenvalue weighted by Gasteiger charge is -2.17. The first-order valence-corrected chi connectivity index (χ1v) is 11.9. The number of ether oxygens (including phenoxy) is 2. The summed E-state index contributed by atoms with van der Waals surface area (Å²) >= 11 is 0. The van der Waals surface area contributed by atoms with Crippen molar-refractivity contribution in [2.75, 3.05) is 30.0 Å². The molecule has 3 rings (SSSR count). The average Bonchev–Trinajstić information content (AvgIpc) is 3.27. The minimum Gasteiger partial charge on any atom is -0.462 e. The number of esters is 2. The number of unbranched alkanes of at least 4 members (excludes halogenated alkanes) is 2. The number of nitrogens with zero attached hydrogens (tertiary/aromatic N) is 1. The molecular formula is C27H30N2O7. The number of ketones is 1. The quantitative estimate of drug-likeness (QED) is 0.287. The molecule has 36 heavy (non-hydrogen) atoms. The third-order valence-electron chi connectivity index (χ3n) is 5.77. The van der Waals surface area contributed by atoms with Gasteiger partial charge in [-0.15, -0.1) is 0 Å². The van der Waals surface area contributed by atoms with E-state index in [-0.39, 0.29) is 24.7 Å². The van der Waals surface area contributed by atoms with Crippen molar-refractivity contribution < 1.29 is 33.4 Å². The molecule has 9 heteroatoms. The minimum absolute atomic E-state index is 0.0335. The SMILES string of the molecule is CCCCCOC(=O)c1ccc(N2C[C@H](C(=O)OCC(=O)Nc3ccc(C(C)=O)cc3)CC2=O)cc1. The lowest BCUT2D eigenvalue weighted by molar-refractivity contribution is -0.151. The van der Waals surface area contributed by atoms with Gasteiger partial charge in [-0.05, 0) is 61.9 Å². The molecule has 1 N–H and O–H groups in total. The number of rotatable bonds is 11. The molecule has 1 atom stereocenters. The molecular weight excluding hydrogens is 464 g/mol. The Balaban J connectivity index is 1.47. The summed E-state index contributed by atoms with van der Waals surface area (Å²) in [5, 5.41) is 2.59. The first-order chi connectivity index (χ1) is 17.3. The van der Waals surface area contributed by atoms with Crippen LogP contribution in [0.3, 0.4) is 0 Å². The molecule has 0 spiro atoms. The Morgan fingerprint density at radius 1 is 0.944 bits per heavy atom. The Labute approximate surface area is 209 Å². The van der Waals surface area contributed by atoms with Crippen molar-refractivity contribution in [2.24, 2.45) is 5.92 Å². The fourth-order valence-corrected chi connectivity index (χ4v) is 3.73. The highest BCUT2D eigenvalue weighted by atomic mass is 16.5. The van der Waals surface area contributed by atoms with Crippen molar-refractivity contribution in [2.45, 2.75) is 39.5 Å². The Bertz CT molecular complexity index is 1110. The Hall–Kier alpha value is -4.01. The van der Waals surface area contributed by atoms with Gasteiger partial charge in [-0.3, -0.25) is 19.2 Å². The molecule has 0 aliphatic carbocycles. The van der Waals surface area contributed by atoms with Gasteiger partial charge < -0.3 is 19.7 Å². The lowest BCUT2D eigenvalue weighted by atomic mass is 10.1. The highest BCUT2D eigenvalue weighted by molar-refractivity contribution is 6.00. The number of hydrogen-bond acceptors (Lipinski definition) is 7. The molecule has 1 saturated heterocycles. The van der Waals surface area contributed by atoms with Crippen LogP contribution in [0.1, 0.15) is 60.2 Å². The highest BCUT2D eigenvalue weighted by Crippen LogP contribution is 2.26. The zero-order chi connectivity index (χ0) is 26.1. The van der Waals surface area contributed by atoms with Crippen molar-refractivity contribution in [3.05, 3.63) is 59.7 Å². The Morgan fingerprint density at radius 3 is 2.25 bits per heavy atom. The van der Waals surface area contributed by atoms with Gasteiger partial charge in [0.2, 0.25) is 5.91 Å². The average molecular weight is 495 g/mol. The molecule has 2 aromatic carbocycles. The van der Waals surface area contributed by atoms with Crippen LogP contribution in [0.25, 0.3) is 0 Å². The Kier molecular flexibility index (Phi) is 9.32. The maximum Gasteiger partial charge on any atom is 0.338 e. The van der Waals surface area contributed by atoms with E-state index in [0.29, 0.717) is 29.1 Å². The van der Waals surface area contributed by atoms with Crippen LogP contribution in [-0.2, 0) is 23.9 Å². The van der Waals surface area contributed by atoms with Crippen LogP contribution >= 0.6 is 0 Å². The fourth-order valence-electron chi connectivity index (χ4n) is 3.73. The number of Topliss-reactive ketones (excluding diaryl/α,β-unsaturated/α-hetero) is 1. The predicted molar refractivity (Wildman–Crippen MR) is 133 cm³/mol. The topological polar surface area (TPSA) is 119 Å². The van der Waals surface area contributed by atoms with Gasteiger partial charge in [0.15, 0.2) is 12.4 Å². The summed E-state index contributed by atoms with van der Waals surface area (Å²) in [5.41, 5.74) is 1.94. The van der Waals surface area contributed by atoms with Crippen molar-refractivity contribution in [1.29, 1.82) is 0 Å². The molecule has 1 aliphatic rings. The van der Waals surface area contributed by atoms with E-state index >= 15 is 0 Å². The van der Waals surface area contributed by atoms with E-state index in [1.165, 1.54) is 11.8 Å². The molecule has 2 aromatic rings. The summed E-state index contributed by atoms with van der Waals surface area (Å²) < 4.78 is 10.4. The summed E-state index contributed by atoms with van der Waals surface area (Å²) in [6.45, 7) is 3.51. The summed E-state index contributed by atoms with van der Waals surface area (Å²) in [6.07, 6.45) is 2.81. The summed E-state index contributed by atoms with van der Waals surface area (Å²) in [7, 11) is 0. The molecule has 1 fully saturated rings. The minimum atomic E-state index is -0.705. The Morgan fingerprint density at radius 2 is 1.61 bits per heavy atom. The summed E-state index contributed by atoms with van der Waals surface area (Å²) in [6, 6.07) is 12.8. The number of carbonyl (C=O) groups excluding carboxylic acids is 5. The molecule has 0 saturated carbocycles. The number of anilines is 2. The molecule has 1 heterocycles. The van der Waals surface area contributed by atoms with Gasteiger partial charge in [0.05, 0.1) is 18.1 Å². The predicted octanol–water partition coefficient (Wildman–Crippen LogP) is 3.77. The number of benzene rings is 2. The second-order valence-electron chi connectivity index (χ2n) is 8.58. The summed E-state index contributed by atoms with van der Waals surface area (Å²) in [5.74, 6) is -2.62. The van der Waals surface area contributed by atoms with Crippen molar-refractivity contribution in [3.8, 4) is 0 Å². The van der Waals surface area contributed by atoms with Crippen molar-refractivity contribution >= 4 is 40.9 Å². The third kappa shape index (κ3) is 7.24. The van der Waals surface area contributed by atoms with Gasteiger partial charge in [-0.2, -0.15) is 0 Å². The monoisotopic (exact) mass is 494 g/mol. The second-order valence-corrected chi connectivity index (χ2v) is 8.58. The van der Waals surface area contributed by atoms with Crippen molar-refractivity contribution in [1.82, 2.24) is 0 Å². The standard InChI is InChI=1S/C27H30N2O7/c1-3-4-5-14-35-26(33)20-8-12-23(13-9-20)29-16-21(15-25(29)32)27(34)36-17-24(31)28-22-10-6-19(7-11-22)18(2)30/h6-13,21H,3-5,14-17H2,1-2H3,(H,28,31)/t21-/m1/s1. The van der Waals surface area contributed by atoms with E-state index in [9.17, 15) is 24.0 Å². The van der Waals surface area contributed by atoms with E-state index in [1.807, 2.05) is 0 Å². The molecule has 0 radical (unpaired) electrons. The van der Waals surface area contributed by atoms with Crippen LogP contribution in [0.4, 0.5) is 11.4 Å². The third-order valence-corrected chi connectivity index (χ3v) is 5.77. The zero-order valence-electron chi connectivity index (χ0n) is 20.5. The molecule has 0 aromatic heterocycles. The second kappa shape index (κ2) is 12.6. The van der Waals surface area contributed by atoms with E-state index in [4.69, 9.17) is 9.47 Å². The van der Waals surface area contributed by atoms with E-state index in [0.717, 1.165) is 19.3 Å². The lowest BCUT2D eigenvalue weighted by Crippen LogP contribution is -2.28. The molecule has 1 aliphatic heterocycles. The van der Waals surface area contributed by atoms with Gasteiger partial charge >= 0.3 is 11.9 Å². The number of nitrogens with one attached hydrogen (secondary N) is 1. The van der Waals surface area contributed by atoms with E-state index < -0.39 is 30.4 Å². The maximum atomic E-state index is 12.5. The van der Waals surface area contributed by atoms with Crippen molar-refractivity contribution in [3.63, 3.8) is 0 Å². The zero-order valence-corrected chi connectivity index (χ0v) is 20.5. The highest BCUT2D eigenvalue weighted by Gasteiger charge is 2.36. The molecule has 190 valence electrons. The number of carbonyl (C=O) groups is 5. The molecule has 9 nitrogen and oxygen atoms in total. The van der Waals surface area contributed by atoms with E-state index in [2.05, 4.69) is 12.2 Å². The molecule has 0 unspecified atom stereocenters. The number of hydrogen-bond donors (Lipinski definition) is 1. The first kappa shape index (κ1) is 26.6. The van der Waals surface area contributed by atoms with Gasteiger partial charge in [0.25, 0.3) is 5.91 Å². The summed E-state index contributed by atoms with van der Waals surface area (Å²) in [4.78, 5) is 62.0. The maximum absolute atomic E-state index is 12.5. The van der Waals surface area contributed by atoms with Crippen LogP contribution in [0.5, 0.6) is 0 Å². The normalized spacial score (nSPS) is 14.9. The van der Waals surface area contributed by atoms with Crippen LogP contribution in [0.2, 0.25) is 0 Å². The van der Waals surface area contributed by atoms with Crippen LogP contribution < -0.4 is 10.2 Å². The molecule has 2 amide bonds.